The SMILES string of the molecule is CCC/C(C)=N/NC(=O)COc1ccc2ccccc2c1. The summed E-state index contributed by atoms with van der Waals surface area (Å²) in [5, 5.41) is 6.25. The van der Waals surface area contributed by atoms with Crippen LogP contribution in [0.25, 0.3) is 10.8 Å². The maximum Gasteiger partial charge on any atom is 0.277 e. The maximum absolute atomic E-state index is 11.6. The zero-order valence-electron chi connectivity index (χ0n) is 12.4. The molecule has 0 heterocycles. The number of hydrogen-bond acceptors (Lipinski definition) is 3. The van der Waals surface area contributed by atoms with Crippen molar-refractivity contribution >= 4 is 22.4 Å². The molecule has 0 aliphatic carbocycles. The smallest absolute Gasteiger partial charge is 0.277 e. The van der Waals surface area contributed by atoms with Crippen molar-refractivity contribution in [3.05, 3.63) is 42.5 Å². The number of carbonyl (C=O) groups excluding carboxylic acids is 1. The van der Waals surface area contributed by atoms with E-state index in [0.717, 1.165) is 29.3 Å². The highest BCUT2D eigenvalue weighted by Crippen LogP contribution is 2.20. The average molecular weight is 284 g/mol. The van der Waals surface area contributed by atoms with E-state index in [0.29, 0.717) is 5.75 Å². The molecule has 0 bridgehead atoms. The van der Waals surface area contributed by atoms with Crippen LogP contribution in [0.1, 0.15) is 26.7 Å². The molecule has 4 heteroatoms. The molecule has 0 unspecified atom stereocenters. The zero-order valence-corrected chi connectivity index (χ0v) is 12.4. The van der Waals surface area contributed by atoms with Gasteiger partial charge in [-0.15, -0.1) is 0 Å². The Labute approximate surface area is 124 Å². The number of hydrazone groups is 1. The second kappa shape index (κ2) is 7.43. The highest BCUT2D eigenvalue weighted by Gasteiger charge is 2.03. The summed E-state index contributed by atoms with van der Waals surface area (Å²) in [4.78, 5) is 11.6. The minimum Gasteiger partial charge on any atom is -0.484 e. The second-order valence-electron chi connectivity index (χ2n) is 4.93. The van der Waals surface area contributed by atoms with Crippen LogP contribution in [0.15, 0.2) is 47.6 Å². The van der Waals surface area contributed by atoms with E-state index in [2.05, 4.69) is 17.5 Å². The Morgan fingerprint density at radius 2 is 1.95 bits per heavy atom. The average Bonchev–Trinajstić information content (AvgIpc) is 2.51. The molecule has 0 atom stereocenters. The topological polar surface area (TPSA) is 50.7 Å². The fraction of sp³-hybridized carbons (Fsp3) is 0.294. The van der Waals surface area contributed by atoms with E-state index in [1.54, 1.807) is 0 Å². The number of amides is 1. The molecule has 0 aliphatic rings. The molecule has 2 aromatic rings. The first-order chi connectivity index (χ1) is 10.2. The van der Waals surface area contributed by atoms with Crippen molar-refractivity contribution in [3.8, 4) is 5.75 Å². The van der Waals surface area contributed by atoms with E-state index >= 15 is 0 Å². The standard InChI is InChI=1S/C17H20N2O2/c1-3-6-13(2)18-19-17(20)12-21-16-10-9-14-7-4-5-8-15(14)11-16/h4-5,7-11H,3,6,12H2,1-2H3,(H,19,20)/b18-13+. The lowest BCUT2D eigenvalue weighted by Crippen LogP contribution is -2.25. The minimum atomic E-state index is -0.251. The summed E-state index contributed by atoms with van der Waals surface area (Å²) < 4.78 is 5.49. The van der Waals surface area contributed by atoms with Crippen molar-refractivity contribution in [1.82, 2.24) is 5.43 Å². The van der Waals surface area contributed by atoms with Crippen molar-refractivity contribution in [3.63, 3.8) is 0 Å². The third-order valence-electron chi connectivity index (χ3n) is 3.07. The summed E-state index contributed by atoms with van der Waals surface area (Å²) in [6, 6.07) is 13.8. The van der Waals surface area contributed by atoms with Gasteiger partial charge in [-0.2, -0.15) is 5.10 Å². The molecular weight excluding hydrogens is 264 g/mol. The molecule has 1 amide bonds. The molecule has 110 valence electrons. The van der Waals surface area contributed by atoms with Crippen LogP contribution in [0.2, 0.25) is 0 Å². The van der Waals surface area contributed by atoms with Crippen LogP contribution in [0.3, 0.4) is 0 Å². The molecule has 0 saturated carbocycles. The number of hydrogen-bond donors (Lipinski definition) is 1. The van der Waals surface area contributed by atoms with Crippen LogP contribution in [-0.2, 0) is 4.79 Å². The van der Waals surface area contributed by atoms with Crippen molar-refractivity contribution in [1.29, 1.82) is 0 Å². The first-order valence-electron chi connectivity index (χ1n) is 7.12. The first-order valence-corrected chi connectivity index (χ1v) is 7.12. The Morgan fingerprint density at radius 3 is 2.71 bits per heavy atom. The van der Waals surface area contributed by atoms with Gasteiger partial charge < -0.3 is 4.74 Å². The Morgan fingerprint density at radius 1 is 1.19 bits per heavy atom. The summed E-state index contributed by atoms with van der Waals surface area (Å²) in [7, 11) is 0. The van der Waals surface area contributed by atoms with Gasteiger partial charge in [0, 0.05) is 5.71 Å². The fourth-order valence-corrected chi connectivity index (χ4v) is 2.01. The fourth-order valence-electron chi connectivity index (χ4n) is 2.01. The second-order valence-corrected chi connectivity index (χ2v) is 4.93. The van der Waals surface area contributed by atoms with Crippen molar-refractivity contribution < 1.29 is 9.53 Å². The minimum absolute atomic E-state index is 0.0404. The first kappa shape index (κ1) is 15.0. The number of nitrogens with one attached hydrogen (secondary N) is 1. The van der Waals surface area contributed by atoms with Gasteiger partial charge in [0.15, 0.2) is 6.61 Å². The number of rotatable bonds is 6. The molecule has 21 heavy (non-hydrogen) atoms. The largest absolute Gasteiger partial charge is 0.484 e. The molecule has 0 aliphatic heterocycles. The molecule has 1 N–H and O–H groups in total. The molecule has 0 spiro atoms. The summed E-state index contributed by atoms with van der Waals surface area (Å²) in [5.74, 6) is 0.428. The Balaban J connectivity index is 1.89. The van der Waals surface area contributed by atoms with Gasteiger partial charge in [0.1, 0.15) is 5.75 Å². The third-order valence-corrected chi connectivity index (χ3v) is 3.07. The van der Waals surface area contributed by atoms with Crippen LogP contribution < -0.4 is 10.2 Å². The lowest BCUT2D eigenvalue weighted by molar-refractivity contribution is -0.123. The van der Waals surface area contributed by atoms with Crippen LogP contribution in [0.4, 0.5) is 0 Å². The van der Waals surface area contributed by atoms with E-state index in [1.807, 2.05) is 49.4 Å². The summed E-state index contributed by atoms with van der Waals surface area (Å²) in [6.07, 6.45) is 1.89. The van der Waals surface area contributed by atoms with E-state index in [1.165, 1.54) is 0 Å². The number of fused-ring (bicyclic) bond motifs is 1. The lowest BCUT2D eigenvalue weighted by Gasteiger charge is -2.07. The monoisotopic (exact) mass is 284 g/mol. The van der Waals surface area contributed by atoms with E-state index in [9.17, 15) is 4.79 Å². The van der Waals surface area contributed by atoms with Gasteiger partial charge in [-0.1, -0.05) is 43.7 Å². The van der Waals surface area contributed by atoms with Gasteiger partial charge in [-0.3, -0.25) is 4.79 Å². The van der Waals surface area contributed by atoms with Gasteiger partial charge in [-0.25, -0.2) is 5.43 Å². The summed E-state index contributed by atoms with van der Waals surface area (Å²) in [5.41, 5.74) is 3.41. The highest BCUT2D eigenvalue weighted by molar-refractivity contribution is 5.85. The van der Waals surface area contributed by atoms with E-state index in [4.69, 9.17) is 4.74 Å². The predicted molar refractivity (Wildman–Crippen MR) is 85.6 cm³/mol. The highest BCUT2D eigenvalue weighted by atomic mass is 16.5. The molecule has 2 rings (SSSR count). The number of carbonyl (C=O) groups is 1. The molecular formula is C17H20N2O2. The van der Waals surface area contributed by atoms with Gasteiger partial charge in [0.2, 0.25) is 0 Å². The van der Waals surface area contributed by atoms with Crippen molar-refractivity contribution in [2.45, 2.75) is 26.7 Å². The maximum atomic E-state index is 11.6. The zero-order chi connectivity index (χ0) is 15.1. The summed E-state index contributed by atoms with van der Waals surface area (Å²) >= 11 is 0. The van der Waals surface area contributed by atoms with E-state index in [-0.39, 0.29) is 12.5 Å². The Kier molecular flexibility index (Phi) is 5.32. The van der Waals surface area contributed by atoms with Crippen molar-refractivity contribution in [2.75, 3.05) is 6.61 Å². The van der Waals surface area contributed by atoms with Gasteiger partial charge in [-0.05, 0) is 36.2 Å². The van der Waals surface area contributed by atoms with E-state index < -0.39 is 0 Å². The lowest BCUT2D eigenvalue weighted by atomic mass is 10.1. The molecule has 0 aromatic heterocycles. The quantitative estimate of drug-likeness (QED) is 0.652. The number of benzene rings is 2. The van der Waals surface area contributed by atoms with Crippen LogP contribution >= 0.6 is 0 Å². The predicted octanol–water partition coefficient (Wildman–Crippen LogP) is 3.51. The van der Waals surface area contributed by atoms with Crippen LogP contribution in [0, 0.1) is 0 Å². The van der Waals surface area contributed by atoms with Gasteiger partial charge in [0.25, 0.3) is 5.91 Å². The molecule has 0 radical (unpaired) electrons. The molecule has 4 nitrogen and oxygen atoms in total. The molecule has 0 fully saturated rings. The van der Waals surface area contributed by atoms with Crippen molar-refractivity contribution in [2.24, 2.45) is 5.10 Å². The number of ether oxygens (including phenoxy) is 1. The van der Waals surface area contributed by atoms with Crippen LogP contribution in [0.5, 0.6) is 5.75 Å². The third kappa shape index (κ3) is 4.60. The van der Waals surface area contributed by atoms with Gasteiger partial charge in [0.05, 0.1) is 0 Å². The van der Waals surface area contributed by atoms with Crippen LogP contribution in [-0.4, -0.2) is 18.2 Å². The Hall–Kier alpha value is -2.36. The number of nitrogens with zero attached hydrogens (tertiary/aromatic N) is 1. The Bertz CT molecular complexity index is 650. The van der Waals surface area contributed by atoms with Gasteiger partial charge >= 0.3 is 0 Å². The molecule has 2 aromatic carbocycles. The summed E-state index contributed by atoms with van der Waals surface area (Å²) in [6.45, 7) is 3.93. The molecule has 0 saturated heterocycles. The normalized spacial score (nSPS) is 11.4.